The number of methoxy groups -OCH3 is 2. The summed E-state index contributed by atoms with van der Waals surface area (Å²) in [6, 6.07) is 7.06. The Labute approximate surface area is 264 Å². The Morgan fingerprint density at radius 3 is 2.09 bits per heavy atom. The Balaban J connectivity index is 1.03. The maximum absolute atomic E-state index is 13.2. The van der Waals surface area contributed by atoms with Gasteiger partial charge in [0, 0.05) is 48.7 Å². The van der Waals surface area contributed by atoms with Crippen molar-refractivity contribution in [3.63, 3.8) is 0 Å². The minimum Gasteiger partial charge on any atom is -0.493 e. The Kier molecular flexibility index (Phi) is 9.05. The highest BCUT2D eigenvalue weighted by molar-refractivity contribution is 6.04. The van der Waals surface area contributed by atoms with Gasteiger partial charge in [-0.3, -0.25) is 19.6 Å². The molecule has 0 bridgehead atoms. The summed E-state index contributed by atoms with van der Waals surface area (Å²) >= 11 is 0. The van der Waals surface area contributed by atoms with E-state index in [0.717, 1.165) is 44.1 Å². The number of fused-ring (bicyclic) bond motifs is 4. The van der Waals surface area contributed by atoms with Crippen LogP contribution < -0.4 is 18.9 Å². The van der Waals surface area contributed by atoms with E-state index in [1.54, 1.807) is 37.3 Å². The van der Waals surface area contributed by atoms with E-state index in [1.165, 1.54) is 5.57 Å². The molecule has 1 aliphatic carbocycles. The lowest BCUT2D eigenvalue weighted by Crippen LogP contribution is -2.32. The van der Waals surface area contributed by atoms with Gasteiger partial charge in [-0.2, -0.15) is 0 Å². The predicted octanol–water partition coefficient (Wildman–Crippen LogP) is 7.43. The zero-order valence-corrected chi connectivity index (χ0v) is 26.5. The van der Waals surface area contributed by atoms with Gasteiger partial charge in [-0.15, -0.1) is 0 Å². The summed E-state index contributed by atoms with van der Waals surface area (Å²) in [6.07, 6.45) is 13.6. The number of allylic oxidation sites excluding steroid dienone is 2. The molecular weight excluding hydrogens is 570 g/mol. The molecule has 1 unspecified atom stereocenters. The standard InChI is InChI=1S/C36H41N3O6/c1-22-12-24-8-9-31(40)27-15-32(42-3)34(17-29(27)37-19-25(24)13-22)44-10-6-5-7-11-45-35-18-30-28(16-33(35)43-4)36(41)39-21-23(2)14-26(39)20-38-30/h12,15-21,24-26H,5-11,13-14H2,1-4H3/b37-19-/t24?,25-,26-/m0/s1. The average molecular weight is 612 g/mol. The van der Waals surface area contributed by atoms with E-state index >= 15 is 0 Å². The van der Waals surface area contributed by atoms with Gasteiger partial charge < -0.3 is 23.8 Å². The van der Waals surface area contributed by atoms with Crippen LogP contribution in [0.15, 0.2) is 57.7 Å². The maximum Gasteiger partial charge on any atom is 0.260 e. The fraction of sp³-hybridized carbons (Fsp3) is 0.444. The third-order valence-electron chi connectivity index (χ3n) is 8.98. The van der Waals surface area contributed by atoms with Crippen molar-refractivity contribution in [1.82, 2.24) is 4.90 Å². The fourth-order valence-corrected chi connectivity index (χ4v) is 6.60. The summed E-state index contributed by atoms with van der Waals surface area (Å²) < 4.78 is 23.4. The van der Waals surface area contributed by atoms with Gasteiger partial charge in [0.05, 0.1) is 50.4 Å². The van der Waals surface area contributed by atoms with Crippen LogP contribution in [-0.2, 0) is 0 Å². The minimum absolute atomic E-state index is 0.0564. The topological polar surface area (TPSA) is 99.0 Å². The first-order valence-electron chi connectivity index (χ1n) is 15.8. The molecule has 0 saturated heterocycles. The van der Waals surface area contributed by atoms with Gasteiger partial charge in [-0.25, -0.2) is 0 Å². The Morgan fingerprint density at radius 2 is 1.40 bits per heavy atom. The van der Waals surface area contributed by atoms with Crippen LogP contribution in [-0.4, -0.2) is 62.5 Å². The van der Waals surface area contributed by atoms with Crippen LogP contribution in [0.3, 0.4) is 0 Å². The first kappa shape index (κ1) is 30.6. The van der Waals surface area contributed by atoms with Gasteiger partial charge in [0.1, 0.15) is 0 Å². The van der Waals surface area contributed by atoms with Gasteiger partial charge >= 0.3 is 0 Å². The molecule has 236 valence electrons. The molecule has 0 N–H and O–H groups in total. The molecular formula is C36H41N3O6. The number of hydrogen-bond donors (Lipinski definition) is 0. The summed E-state index contributed by atoms with van der Waals surface area (Å²) in [4.78, 5) is 37.4. The van der Waals surface area contributed by atoms with E-state index in [4.69, 9.17) is 23.9 Å². The van der Waals surface area contributed by atoms with E-state index in [1.807, 2.05) is 31.6 Å². The normalized spacial score (nSPS) is 22.5. The average Bonchev–Trinajstić information content (AvgIpc) is 3.58. The van der Waals surface area contributed by atoms with Gasteiger partial charge in [-0.1, -0.05) is 17.2 Å². The fourth-order valence-electron chi connectivity index (χ4n) is 6.60. The molecule has 2 aromatic carbocycles. The lowest BCUT2D eigenvalue weighted by molar-refractivity contribution is 0.0817. The molecule has 0 fully saturated rings. The van der Waals surface area contributed by atoms with Crippen LogP contribution in [0.2, 0.25) is 0 Å². The third-order valence-corrected chi connectivity index (χ3v) is 8.98. The monoisotopic (exact) mass is 611 g/mol. The SMILES string of the molecule is COc1cc2c(cc1OCCCCCOc1cc3c(cc1OC)C(=O)CCC1C=C(C)C[C@H]1/C=N\3)N=C[C@@H]1CC(C)=CN1C2=O. The number of benzene rings is 2. The molecule has 3 heterocycles. The highest BCUT2D eigenvalue weighted by Gasteiger charge is 2.32. The van der Waals surface area contributed by atoms with Crippen molar-refractivity contribution in [1.29, 1.82) is 0 Å². The van der Waals surface area contributed by atoms with Crippen LogP contribution in [0.4, 0.5) is 11.4 Å². The van der Waals surface area contributed by atoms with Crippen LogP contribution in [0.1, 0.15) is 79.5 Å². The number of unbranched alkanes of at least 4 members (excludes halogenated alkanes) is 2. The van der Waals surface area contributed by atoms with Gasteiger partial charge in [0.15, 0.2) is 28.8 Å². The maximum atomic E-state index is 13.2. The van der Waals surface area contributed by atoms with Crippen molar-refractivity contribution in [3.8, 4) is 23.0 Å². The second kappa shape index (κ2) is 13.3. The predicted molar refractivity (Wildman–Crippen MR) is 174 cm³/mol. The number of hydrogen-bond acceptors (Lipinski definition) is 8. The zero-order valence-electron chi connectivity index (χ0n) is 26.5. The molecule has 0 spiro atoms. The second-order valence-electron chi connectivity index (χ2n) is 12.3. The number of carbonyl (C=O) groups excluding carboxylic acids is 2. The van der Waals surface area contributed by atoms with Crippen molar-refractivity contribution in [3.05, 3.63) is 58.8 Å². The Hall–Kier alpha value is -4.40. The van der Waals surface area contributed by atoms with Gasteiger partial charge in [-0.05, 0) is 70.4 Å². The highest BCUT2D eigenvalue weighted by atomic mass is 16.5. The number of nitrogens with zero attached hydrogens (tertiary/aromatic N) is 3. The molecule has 2 aromatic rings. The Morgan fingerprint density at radius 1 is 0.756 bits per heavy atom. The summed E-state index contributed by atoms with van der Waals surface area (Å²) in [5.41, 5.74) is 4.84. The van der Waals surface area contributed by atoms with E-state index in [2.05, 4.69) is 18.0 Å². The highest BCUT2D eigenvalue weighted by Crippen LogP contribution is 2.41. The number of aliphatic imine (C=N–C) groups is 2. The number of ether oxygens (including phenoxy) is 4. The van der Waals surface area contributed by atoms with E-state index in [9.17, 15) is 9.59 Å². The first-order chi connectivity index (χ1) is 21.8. The summed E-state index contributed by atoms with van der Waals surface area (Å²) in [5.74, 6) is 2.90. The minimum atomic E-state index is -0.0838. The van der Waals surface area contributed by atoms with Crippen LogP contribution in [0, 0.1) is 11.8 Å². The number of carbonyl (C=O) groups is 2. The largest absolute Gasteiger partial charge is 0.493 e. The molecule has 6 rings (SSSR count). The van der Waals surface area contributed by atoms with Crippen LogP contribution in [0.5, 0.6) is 23.0 Å². The van der Waals surface area contributed by atoms with Crippen LogP contribution >= 0.6 is 0 Å². The number of rotatable bonds is 10. The summed E-state index contributed by atoms with van der Waals surface area (Å²) in [6.45, 7) is 5.15. The first-order valence-corrected chi connectivity index (χ1v) is 15.8. The van der Waals surface area contributed by atoms with Crippen LogP contribution in [0.25, 0.3) is 0 Å². The van der Waals surface area contributed by atoms with E-state index < -0.39 is 0 Å². The summed E-state index contributed by atoms with van der Waals surface area (Å²) in [7, 11) is 3.16. The number of ketones is 1. The molecule has 9 heteroatoms. The molecule has 9 nitrogen and oxygen atoms in total. The van der Waals surface area contributed by atoms with Crippen molar-refractivity contribution < 1.29 is 28.5 Å². The van der Waals surface area contributed by atoms with Crippen molar-refractivity contribution >= 4 is 35.5 Å². The number of amides is 1. The molecule has 0 saturated carbocycles. The lowest BCUT2D eigenvalue weighted by atomic mass is 9.91. The van der Waals surface area contributed by atoms with E-state index in [0.29, 0.717) is 77.0 Å². The molecule has 0 radical (unpaired) electrons. The molecule has 1 amide bonds. The smallest absolute Gasteiger partial charge is 0.260 e. The number of Topliss-reactive ketones (excluding diaryl/α,β-unsaturated/α-hetero) is 1. The van der Waals surface area contributed by atoms with Crippen molar-refractivity contribution in [2.45, 2.75) is 64.8 Å². The van der Waals surface area contributed by atoms with E-state index in [-0.39, 0.29) is 17.7 Å². The Bertz CT molecular complexity index is 1610. The molecule has 45 heavy (non-hydrogen) atoms. The lowest BCUT2D eigenvalue weighted by Gasteiger charge is -2.19. The van der Waals surface area contributed by atoms with Crippen molar-refractivity contribution in [2.24, 2.45) is 21.8 Å². The van der Waals surface area contributed by atoms with Gasteiger partial charge in [0.2, 0.25) is 0 Å². The van der Waals surface area contributed by atoms with Gasteiger partial charge in [0.25, 0.3) is 5.91 Å². The third kappa shape index (κ3) is 6.53. The quantitative estimate of drug-likeness (QED) is 0.205. The second-order valence-corrected chi connectivity index (χ2v) is 12.3. The summed E-state index contributed by atoms with van der Waals surface area (Å²) in [5, 5.41) is 0. The molecule has 3 aliphatic heterocycles. The molecule has 4 aliphatic rings. The molecule has 0 aromatic heterocycles. The molecule has 3 atom stereocenters. The zero-order chi connectivity index (χ0) is 31.5. The van der Waals surface area contributed by atoms with Crippen molar-refractivity contribution in [2.75, 3.05) is 27.4 Å².